The Hall–Kier alpha value is -2.18. The van der Waals surface area contributed by atoms with E-state index in [2.05, 4.69) is 5.32 Å². The fourth-order valence-corrected chi connectivity index (χ4v) is 2.86. The van der Waals surface area contributed by atoms with E-state index in [-0.39, 0.29) is 29.5 Å². The molecule has 1 fully saturated rings. The van der Waals surface area contributed by atoms with Crippen LogP contribution in [0, 0.1) is 11.6 Å². The quantitative estimate of drug-likeness (QED) is 0.895. The minimum atomic E-state index is -0.499. The molecule has 0 aromatic heterocycles. The van der Waals surface area contributed by atoms with E-state index in [4.69, 9.17) is 16.3 Å². The summed E-state index contributed by atoms with van der Waals surface area (Å²) in [4.78, 5) is 13.9. The van der Waals surface area contributed by atoms with Crippen LogP contribution < -0.4 is 5.32 Å². The second-order valence-corrected chi connectivity index (χ2v) is 6.14. The summed E-state index contributed by atoms with van der Waals surface area (Å²) in [7, 11) is 0. The number of ether oxygens (including phenoxy) is 1. The highest BCUT2D eigenvalue weighted by atomic mass is 35.5. The molecule has 2 aromatic rings. The fraction of sp³-hybridized carbons (Fsp3) is 0.278. The highest BCUT2D eigenvalue weighted by molar-refractivity contribution is 6.30. The molecule has 2 aromatic carbocycles. The van der Waals surface area contributed by atoms with E-state index in [1.165, 1.54) is 18.2 Å². The van der Waals surface area contributed by atoms with Gasteiger partial charge in [-0.1, -0.05) is 35.9 Å². The van der Waals surface area contributed by atoms with Crippen molar-refractivity contribution in [1.29, 1.82) is 0 Å². The Morgan fingerprint density at radius 3 is 2.80 bits per heavy atom. The Labute approximate surface area is 149 Å². The third kappa shape index (κ3) is 4.27. The number of nitrogens with one attached hydrogen (secondary N) is 1. The van der Waals surface area contributed by atoms with Gasteiger partial charge in [-0.05, 0) is 23.8 Å². The summed E-state index contributed by atoms with van der Waals surface area (Å²) in [5.41, 5.74) is 1.13. The summed E-state index contributed by atoms with van der Waals surface area (Å²) in [6, 6.07) is 10.4. The molecule has 132 valence electrons. The number of hydrogen-bond acceptors (Lipinski definition) is 2. The average Bonchev–Trinajstić information content (AvgIpc) is 2.63. The molecule has 7 heteroatoms. The second kappa shape index (κ2) is 7.80. The van der Waals surface area contributed by atoms with Crippen LogP contribution in [0.15, 0.2) is 42.5 Å². The standard InChI is InChI=1S/C18H17ClF2N2O2/c19-14-9-12(5-6-16(14)21)17-11-23(7-8-25-17)18(24)22-10-13-3-1-2-4-15(13)20/h1-6,9,17H,7-8,10-11H2,(H,22,24). The molecule has 0 bridgehead atoms. The second-order valence-electron chi connectivity index (χ2n) is 5.73. The molecule has 4 nitrogen and oxygen atoms in total. The number of nitrogens with zero attached hydrogens (tertiary/aromatic N) is 1. The Bertz CT molecular complexity index is 772. The highest BCUT2D eigenvalue weighted by Gasteiger charge is 2.26. The normalized spacial score (nSPS) is 17.4. The Kier molecular flexibility index (Phi) is 5.50. The first-order valence-corrected chi connectivity index (χ1v) is 8.25. The molecular formula is C18H17ClF2N2O2. The van der Waals surface area contributed by atoms with Gasteiger partial charge in [0.15, 0.2) is 0 Å². The van der Waals surface area contributed by atoms with E-state index in [1.54, 1.807) is 29.2 Å². The zero-order chi connectivity index (χ0) is 17.8. The predicted molar refractivity (Wildman–Crippen MR) is 90.3 cm³/mol. The third-order valence-corrected chi connectivity index (χ3v) is 4.35. The van der Waals surface area contributed by atoms with Crippen LogP contribution in [-0.2, 0) is 11.3 Å². The lowest BCUT2D eigenvalue weighted by atomic mass is 10.1. The zero-order valence-electron chi connectivity index (χ0n) is 13.3. The molecular weight excluding hydrogens is 350 g/mol. The maximum absolute atomic E-state index is 13.6. The Morgan fingerprint density at radius 2 is 2.04 bits per heavy atom. The van der Waals surface area contributed by atoms with Gasteiger partial charge < -0.3 is 15.0 Å². The van der Waals surface area contributed by atoms with Gasteiger partial charge in [0, 0.05) is 18.7 Å². The lowest BCUT2D eigenvalue weighted by Crippen LogP contribution is -2.47. The summed E-state index contributed by atoms with van der Waals surface area (Å²) < 4.78 is 32.6. The SMILES string of the molecule is O=C(NCc1ccccc1F)N1CCOC(c2ccc(F)c(Cl)c2)C1. The summed E-state index contributed by atoms with van der Waals surface area (Å²) in [5, 5.41) is 2.72. The number of halogens is 3. The highest BCUT2D eigenvalue weighted by Crippen LogP contribution is 2.26. The number of hydrogen-bond donors (Lipinski definition) is 1. The number of morpholine rings is 1. The number of carbonyl (C=O) groups is 1. The van der Waals surface area contributed by atoms with Gasteiger partial charge in [-0.25, -0.2) is 13.6 Å². The topological polar surface area (TPSA) is 41.6 Å². The summed E-state index contributed by atoms with van der Waals surface area (Å²) in [5.74, 6) is -0.857. The van der Waals surface area contributed by atoms with Crippen molar-refractivity contribution in [3.63, 3.8) is 0 Å². The maximum atomic E-state index is 13.6. The van der Waals surface area contributed by atoms with Gasteiger partial charge in [0.2, 0.25) is 0 Å². The van der Waals surface area contributed by atoms with Gasteiger partial charge in [-0.3, -0.25) is 0 Å². The first-order chi connectivity index (χ1) is 12.0. The molecule has 1 saturated heterocycles. The molecule has 0 spiro atoms. The van der Waals surface area contributed by atoms with Crippen LogP contribution in [-0.4, -0.2) is 30.6 Å². The van der Waals surface area contributed by atoms with E-state index in [9.17, 15) is 13.6 Å². The van der Waals surface area contributed by atoms with E-state index in [0.29, 0.717) is 30.8 Å². The van der Waals surface area contributed by atoms with Crippen molar-refractivity contribution in [2.24, 2.45) is 0 Å². The molecule has 1 unspecified atom stereocenters. The first kappa shape index (κ1) is 17.6. The summed E-state index contributed by atoms with van der Waals surface area (Å²) in [6.45, 7) is 1.20. The van der Waals surface area contributed by atoms with Crippen LogP contribution >= 0.6 is 11.6 Å². The van der Waals surface area contributed by atoms with Crippen molar-refractivity contribution in [2.75, 3.05) is 19.7 Å². The van der Waals surface area contributed by atoms with Crippen LogP contribution in [0.2, 0.25) is 5.02 Å². The molecule has 1 heterocycles. The zero-order valence-corrected chi connectivity index (χ0v) is 14.1. The lowest BCUT2D eigenvalue weighted by molar-refractivity contribution is -0.0155. The van der Waals surface area contributed by atoms with Crippen molar-refractivity contribution in [1.82, 2.24) is 10.2 Å². The van der Waals surface area contributed by atoms with Crippen molar-refractivity contribution in [2.45, 2.75) is 12.6 Å². The monoisotopic (exact) mass is 366 g/mol. The van der Waals surface area contributed by atoms with Gasteiger partial charge >= 0.3 is 6.03 Å². The van der Waals surface area contributed by atoms with Crippen LogP contribution in [0.3, 0.4) is 0 Å². The third-order valence-electron chi connectivity index (χ3n) is 4.06. The van der Waals surface area contributed by atoms with E-state index in [0.717, 1.165) is 0 Å². The van der Waals surface area contributed by atoms with Crippen LogP contribution in [0.25, 0.3) is 0 Å². The molecule has 0 radical (unpaired) electrons. The predicted octanol–water partition coefficient (Wildman–Crippen LogP) is 3.90. The average molecular weight is 367 g/mol. The Morgan fingerprint density at radius 1 is 1.24 bits per heavy atom. The molecule has 3 rings (SSSR count). The van der Waals surface area contributed by atoms with Gasteiger partial charge in [0.05, 0.1) is 18.2 Å². The van der Waals surface area contributed by atoms with Gasteiger partial charge in [0.1, 0.15) is 17.7 Å². The van der Waals surface area contributed by atoms with Gasteiger partial charge in [0.25, 0.3) is 0 Å². The van der Waals surface area contributed by atoms with Crippen LogP contribution in [0.1, 0.15) is 17.2 Å². The maximum Gasteiger partial charge on any atom is 0.317 e. The van der Waals surface area contributed by atoms with Crippen molar-refractivity contribution >= 4 is 17.6 Å². The van der Waals surface area contributed by atoms with Crippen molar-refractivity contribution < 1.29 is 18.3 Å². The van der Waals surface area contributed by atoms with Gasteiger partial charge in [-0.15, -0.1) is 0 Å². The van der Waals surface area contributed by atoms with E-state index >= 15 is 0 Å². The molecule has 1 N–H and O–H groups in total. The molecule has 1 aliphatic heterocycles. The minimum Gasteiger partial charge on any atom is -0.370 e. The first-order valence-electron chi connectivity index (χ1n) is 7.87. The molecule has 1 aliphatic rings. The number of urea groups is 1. The number of benzene rings is 2. The summed E-state index contributed by atoms with van der Waals surface area (Å²) >= 11 is 5.81. The van der Waals surface area contributed by atoms with Crippen LogP contribution in [0.5, 0.6) is 0 Å². The van der Waals surface area contributed by atoms with Crippen molar-refractivity contribution in [3.8, 4) is 0 Å². The Balaban J connectivity index is 1.61. The smallest absolute Gasteiger partial charge is 0.317 e. The number of rotatable bonds is 3. The van der Waals surface area contributed by atoms with E-state index in [1.807, 2.05) is 0 Å². The van der Waals surface area contributed by atoms with E-state index < -0.39 is 5.82 Å². The number of carbonyl (C=O) groups excluding carboxylic acids is 1. The molecule has 2 amide bonds. The lowest BCUT2D eigenvalue weighted by Gasteiger charge is -2.33. The van der Waals surface area contributed by atoms with Crippen LogP contribution in [0.4, 0.5) is 13.6 Å². The van der Waals surface area contributed by atoms with Gasteiger partial charge in [-0.2, -0.15) is 0 Å². The molecule has 25 heavy (non-hydrogen) atoms. The fourth-order valence-electron chi connectivity index (χ4n) is 2.67. The van der Waals surface area contributed by atoms with Crippen molar-refractivity contribution in [3.05, 3.63) is 70.2 Å². The minimum absolute atomic E-state index is 0.0160. The number of amides is 2. The molecule has 0 saturated carbocycles. The largest absolute Gasteiger partial charge is 0.370 e. The summed E-state index contributed by atoms with van der Waals surface area (Å²) in [6.07, 6.45) is -0.383. The molecule has 0 aliphatic carbocycles. The molecule has 1 atom stereocenters.